The molecular formula is C10H19BO3. The lowest BCUT2D eigenvalue weighted by molar-refractivity contribution is -0.247. The first-order chi connectivity index (χ1) is 6.40. The van der Waals surface area contributed by atoms with Gasteiger partial charge in [0.2, 0.25) is 0 Å². The molecular weight excluding hydrogens is 179 g/mol. The molecule has 0 spiro atoms. The van der Waals surface area contributed by atoms with E-state index in [9.17, 15) is 0 Å². The second-order valence-electron chi connectivity index (χ2n) is 5.43. The predicted octanol–water partition coefficient (Wildman–Crippen LogP) is 1.19. The standard InChI is InChI=1S/C10H19BO3/c1-7-4-5-8-6-10(7,9(8,2)3)14-11(12)13/h7-8,12-13H,4-6H2,1-3H3. The van der Waals surface area contributed by atoms with Crippen molar-refractivity contribution in [1.29, 1.82) is 0 Å². The van der Waals surface area contributed by atoms with Crippen LogP contribution in [0.1, 0.15) is 40.0 Å². The molecule has 0 aliphatic heterocycles. The van der Waals surface area contributed by atoms with E-state index in [0.717, 1.165) is 12.8 Å². The van der Waals surface area contributed by atoms with Gasteiger partial charge in [0, 0.05) is 0 Å². The van der Waals surface area contributed by atoms with Crippen molar-refractivity contribution in [2.24, 2.45) is 17.3 Å². The summed E-state index contributed by atoms with van der Waals surface area (Å²) < 4.78 is 5.38. The predicted molar refractivity (Wildman–Crippen MR) is 54.3 cm³/mol. The molecule has 2 N–H and O–H groups in total. The summed E-state index contributed by atoms with van der Waals surface area (Å²) in [6.45, 7) is 6.51. The fourth-order valence-electron chi connectivity index (χ4n) is 3.59. The van der Waals surface area contributed by atoms with Crippen LogP contribution >= 0.6 is 0 Å². The van der Waals surface area contributed by atoms with Crippen LogP contribution in [0.5, 0.6) is 0 Å². The molecule has 0 saturated heterocycles. The molecule has 3 unspecified atom stereocenters. The average Bonchev–Trinajstić information content (AvgIpc) is 2.07. The van der Waals surface area contributed by atoms with Gasteiger partial charge in [-0.1, -0.05) is 20.8 Å². The third kappa shape index (κ3) is 1.11. The van der Waals surface area contributed by atoms with Gasteiger partial charge in [-0.05, 0) is 36.5 Å². The van der Waals surface area contributed by atoms with Crippen molar-refractivity contribution in [2.45, 2.75) is 45.6 Å². The van der Waals surface area contributed by atoms with Crippen LogP contribution in [-0.4, -0.2) is 23.0 Å². The van der Waals surface area contributed by atoms with Gasteiger partial charge < -0.3 is 14.7 Å². The summed E-state index contributed by atoms with van der Waals surface area (Å²) in [4.78, 5) is 0. The molecule has 3 rings (SSSR count). The molecule has 3 aliphatic carbocycles. The first-order valence-corrected chi connectivity index (χ1v) is 5.44. The Morgan fingerprint density at radius 2 is 1.93 bits per heavy atom. The second kappa shape index (κ2) is 2.97. The Hall–Kier alpha value is -0.0551. The molecule has 3 nitrogen and oxygen atoms in total. The molecule has 0 aromatic rings. The van der Waals surface area contributed by atoms with Crippen LogP contribution in [0.4, 0.5) is 0 Å². The highest BCUT2D eigenvalue weighted by Crippen LogP contribution is 2.65. The molecule has 3 aliphatic rings. The fraction of sp³-hybridized carbons (Fsp3) is 1.00. The fourth-order valence-corrected chi connectivity index (χ4v) is 3.59. The van der Waals surface area contributed by atoms with Gasteiger partial charge in [0.05, 0.1) is 5.60 Å². The second-order valence-corrected chi connectivity index (χ2v) is 5.43. The molecule has 3 fully saturated rings. The van der Waals surface area contributed by atoms with Crippen LogP contribution in [-0.2, 0) is 4.65 Å². The maximum absolute atomic E-state index is 8.98. The Labute approximate surface area is 85.6 Å². The van der Waals surface area contributed by atoms with Gasteiger partial charge in [-0.25, -0.2) is 0 Å². The van der Waals surface area contributed by atoms with Crippen LogP contribution in [0.2, 0.25) is 0 Å². The van der Waals surface area contributed by atoms with Crippen LogP contribution in [0, 0.1) is 17.3 Å². The molecule has 0 heterocycles. The van der Waals surface area contributed by atoms with E-state index in [-0.39, 0.29) is 11.0 Å². The Morgan fingerprint density at radius 1 is 1.29 bits per heavy atom. The summed E-state index contributed by atoms with van der Waals surface area (Å²) in [5.74, 6) is 1.11. The quantitative estimate of drug-likeness (QED) is 0.655. The van der Waals surface area contributed by atoms with E-state index in [1.165, 1.54) is 6.42 Å². The Kier molecular flexibility index (Phi) is 2.22. The molecule has 4 heteroatoms. The number of hydrogen-bond acceptors (Lipinski definition) is 3. The normalized spacial score (nSPS) is 44.4. The zero-order valence-electron chi connectivity index (χ0n) is 9.16. The zero-order chi connectivity index (χ0) is 10.6. The molecule has 0 aromatic carbocycles. The van der Waals surface area contributed by atoms with Crippen molar-refractivity contribution < 1.29 is 14.7 Å². The maximum Gasteiger partial charge on any atom is 0.634 e. The summed E-state index contributed by atoms with van der Waals surface area (Å²) >= 11 is 0. The SMILES string of the molecule is CC1CCC2CC1(OB(O)O)C2(C)C. The van der Waals surface area contributed by atoms with Gasteiger partial charge in [0.25, 0.3) is 0 Å². The Morgan fingerprint density at radius 3 is 2.36 bits per heavy atom. The van der Waals surface area contributed by atoms with Crippen LogP contribution in [0.15, 0.2) is 0 Å². The Bertz CT molecular complexity index is 242. The molecule has 80 valence electrons. The number of hydrogen-bond donors (Lipinski definition) is 2. The van der Waals surface area contributed by atoms with Crippen LogP contribution in [0.25, 0.3) is 0 Å². The minimum atomic E-state index is -1.63. The first kappa shape index (κ1) is 10.5. The van der Waals surface area contributed by atoms with Gasteiger partial charge in [0.1, 0.15) is 0 Å². The van der Waals surface area contributed by atoms with Crippen LogP contribution in [0.3, 0.4) is 0 Å². The lowest BCUT2D eigenvalue weighted by Gasteiger charge is -2.68. The van der Waals surface area contributed by atoms with Gasteiger partial charge in [0.15, 0.2) is 0 Å². The highest BCUT2D eigenvalue weighted by molar-refractivity contribution is 6.32. The van der Waals surface area contributed by atoms with Crippen molar-refractivity contribution in [3.63, 3.8) is 0 Å². The van der Waals surface area contributed by atoms with E-state index >= 15 is 0 Å². The minimum absolute atomic E-state index is 0.0916. The van der Waals surface area contributed by atoms with E-state index in [1.54, 1.807) is 0 Å². The Balaban J connectivity index is 2.22. The average molecular weight is 198 g/mol. The maximum atomic E-state index is 8.98. The monoisotopic (exact) mass is 198 g/mol. The molecule has 2 bridgehead atoms. The molecule has 3 atom stereocenters. The van der Waals surface area contributed by atoms with Crippen molar-refractivity contribution in [2.75, 3.05) is 0 Å². The first-order valence-electron chi connectivity index (χ1n) is 5.44. The lowest BCUT2D eigenvalue weighted by atomic mass is 9.42. The van der Waals surface area contributed by atoms with E-state index in [2.05, 4.69) is 20.8 Å². The number of rotatable bonds is 2. The lowest BCUT2D eigenvalue weighted by Crippen LogP contribution is -2.69. The van der Waals surface area contributed by atoms with Crippen LogP contribution < -0.4 is 0 Å². The van der Waals surface area contributed by atoms with Gasteiger partial charge in [-0.3, -0.25) is 0 Å². The third-order valence-electron chi connectivity index (χ3n) is 4.72. The molecule has 14 heavy (non-hydrogen) atoms. The summed E-state index contributed by atoms with van der Waals surface area (Å²) in [6, 6.07) is 0. The van der Waals surface area contributed by atoms with E-state index in [4.69, 9.17) is 14.7 Å². The summed E-state index contributed by atoms with van der Waals surface area (Å²) in [7, 11) is -1.63. The topological polar surface area (TPSA) is 49.7 Å². The van der Waals surface area contributed by atoms with E-state index in [1.807, 2.05) is 0 Å². The summed E-state index contributed by atoms with van der Waals surface area (Å²) in [5, 5.41) is 18.0. The van der Waals surface area contributed by atoms with Crippen molar-refractivity contribution in [3.05, 3.63) is 0 Å². The van der Waals surface area contributed by atoms with Gasteiger partial charge in [-0.2, -0.15) is 0 Å². The summed E-state index contributed by atoms with van der Waals surface area (Å²) in [5.41, 5.74) is -0.210. The molecule has 0 radical (unpaired) electrons. The zero-order valence-corrected chi connectivity index (χ0v) is 9.16. The van der Waals surface area contributed by atoms with E-state index in [0.29, 0.717) is 11.8 Å². The van der Waals surface area contributed by atoms with Crippen molar-refractivity contribution in [1.82, 2.24) is 0 Å². The van der Waals surface area contributed by atoms with Gasteiger partial charge in [-0.15, -0.1) is 0 Å². The smallest absolute Gasteiger partial charge is 0.402 e. The van der Waals surface area contributed by atoms with Crippen molar-refractivity contribution >= 4 is 7.32 Å². The largest absolute Gasteiger partial charge is 0.634 e. The summed E-state index contributed by atoms with van der Waals surface area (Å²) in [6.07, 6.45) is 3.38. The highest BCUT2D eigenvalue weighted by Gasteiger charge is 2.66. The van der Waals surface area contributed by atoms with Crippen molar-refractivity contribution in [3.8, 4) is 0 Å². The minimum Gasteiger partial charge on any atom is -0.402 e. The molecule has 3 saturated carbocycles. The van der Waals surface area contributed by atoms with E-state index < -0.39 is 7.32 Å². The number of fused-ring (bicyclic) bond motifs is 2. The molecule has 0 aromatic heterocycles. The highest BCUT2D eigenvalue weighted by atomic mass is 16.6. The molecule has 0 amide bonds. The van der Waals surface area contributed by atoms with Gasteiger partial charge >= 0.3 is 7.32 Å². The third-order valence-corrected chi connectivity index (χ3v) is 4.72.